The molecule has 18 heavy (non-hydrogen) atoms. The number of esters is 1. The molecule has 0 aliphatic rings. The molecule has 0 spiro atoms. The average molecular weight is 314 g/mol. The predicted molar refractivity (Wildman–Crippen MR) is 77.6 cm³/mol. The van der Waals surface area contributed by atoms with E-state index in [1.54, 1.807) is 18.2 Å². The lowest BCUT2D eigenvalue weighted by atomic mass is 10.2. The molecule has 4 heteroatoms. The summed E-state index contributed by atoms with van der Waals surface area (Å²) in [5.74, 6) is -0.315. The molecule has 100 valence electrons. The molecular weight excluding hydrogens is 294 g/mol. The summed E-state index contributed by atoms with van der Waals surface area (Å²) in [6, 6.07) is 5.20. The fourth-order valence-electron chi connectivity index (χ4n) is 1.66. The van der Waals surface area contributed by atoms with E-state index in [1.165, 1.54) is 19.3 Å². The molecule has 0 aromatic heterocycles. The van der Waals surface area contributed by atoms with Crippen LogP contribution in [0.1, 0.15) is 49.4 Å². The number of unbranched alkanes of at least 4 members (excludes halogenated alkanes) is 4. The van der Waals surface area contributed by atoms with E-state index in [4.69, 9.17) is 10.5 Å². The van der Waals surface area contributed by atoms with Gasteiger partial charge in [0.25, 0.3) is 0 Å². The number of anilines is 1. The molecule has 0 amide bonds. The number of halogens is 1. The van der Waals surface area contributed by atoms with Gasteiger partial charge in [0.2, 0.25) is 0 Å². The third-order valence-corrected chi connectivity index (χ3v) is 3.61. The molecule has 0 radical (unpaired) electrons. The molecule has 0 fully saturated rings. The van der Waals surface area contributed by atoms with Gasteiger partial charge in [-0.05, 0) is 34.5 Å². The molecule has 0 saturated carbocycles. The van der Waals surface area contributed by atoms with Gasteiger partial charge in [-0.15, -0.1) is 0 Å². The van der Waals surface area contributed by atoms with Crippen molar-refractivity contribution in [2.24, 2.45) is 0 Å². The normalized spacial score (nSPS) is 10.3. The molecule has 3 nitrogen and oxygen atoms in total. The lowest BCUT2D eigenvalue weighted by Crippen LogP contribution is -2.08. The van der Waals surface area contributed by atoms with Gasteiger partial charge in [0.1, 0.15) is 0 Å². The largest absolute Gasteiger partial charge is 0.462 e. The van der Waals surface area contributed by atoms with Crippen molar-refractivity contribution in [2.45, 2.75) is 39.0 Å². The van der Waals surface area contributed by atoms with Crippen molar-refractivity contribution in [2.75, 3.05) is 12.3 Å². The van der Waals surface area contributed by atoms with Gasteiger partial charge in [-0.25, -0.2) is 4.79 Å². The lowest BCUT2D eigenvalue weighted by molar-refractivity contribution is 0.0496. The zero-order valence-electron chi connectivity index (χ0n) is 10.7. The Morgan fingerprint density at radius 1 is 1.28 bits per heavy atom. The number of carbonyl (C=O) groups excluding carboxylic acids is 1. The Kier molecular flexibility index (Phi) is 6.80. The van der Waals surface area contributed by atoms with Crippen LogP contribution >= 0.6 is 15.9 Å². The smallest absolute Gasteiger partial charge is 0.339 e. The number of hydrogen-bond donors (Lipinski definition) is 1. The van der Waals surface area contributed by atoms with Gasteiger partial charge >= 0.3 is 5.97 Å². The third kappa shape index (κ3) is 4.69. The maximum Gasteiger partial charge on any atom is 0.339 e. The van der Waals surface area contributed by atoms with Crippen molar-refractivity contribution in [1.82, 2.24) is 0 Å². The first-order valence-electron chi connectivity index (χ1n) is 6.38. The standard InChI is InChI=1S/C14H20BrNO2/c1-2-3-4-5-6-10-18-14(17)11-8-7-9-12(16)13(11)15/h7-9H,2-6,10,16H2,1H3. The first-order valence-corrected chi connectivity index (χ1v) is 7.17. The minimum atomic E-state index is -0.315. The zero-order valence-corrected chi connectivity index (χ0v) is 12.3. The summed E-state index contributed by atoms with van der Waals surface area (Å²) >= 11 is 3.30. The van der Waals surface area contributed by atoms with Gasteiger partial charge < -0.3 is 10.5 Å². The van der Waals surface area contributed by atoms with E-state index >= 15 is 0 Å². The summed E-state index contributed by atoms with van der Waals surface area (Å²) in [7, 11) is 0. The number of ether oxygens (including phenoxy) is 1. The molecule has 1 aromatic rings. The lowest BCUT2D eigenvalue weighted by Gasteiger charge is -2.07. The highest BCUT2D eigenvalue weighted by Gasteiger charge is 2.12. The van der Waals surface area contributed by atoms with E-state index in [-0.39, 0.29) is 5.97 Å². The fraction of sp³-hybridized carbons (Fsp3) is 0.500. The molecule has 0 heterocycles. The topological polar surface area (TPSA) is 52.3 Å². The van der Waals surface area contributed by atoms with Crippen LogP contribution in [0.15, 0.2) is 22.7 Å². The van der Waals surface area contributed by atoms with Crippen LogP contribution in [-0.2, 0) is 4.74 Å². The van der Waals surface area contributed by atoms with Crippen molar-refractivity contribution >= 4 is 27.6 Å². The SMILES string of the molecule is CCCCCCCOC(=O)c1cccc(N)c1Br. The molecule has 0 aliphatic heterocycles. The summed E-state index contributed by atoms with van der Waals surface area (Å²) < 4.78 is 5.83. The van der Waals surface area contributed by atoms with Crippen molar-refractivity contribution in [1.29, 1.82) is 0 Å². The number of nitrogen functional groups attached to an aromatic ring is 1. The first-order chi connectivity index (χ1) is 8.66. The Labute approximate surface area is 117 Å². The highest BCUT2D eigenvalue weighted by atomic mass is 79.9. The first kappa shape index (κ1) is 15.0. The van der Waals surface area contributed by atoms with Gasteiger partial charge in [0.15, 0.2) is 0 Å². The summed E-state index contributed by atoms with van der Waals surface area (Å²) in [4.78, 5) is 11.8. The maximum absolute atomic E-state index is 11.8. The summed E-state index contributed by atoms with van der Waals surface area (Å²) in [5, 5.41) is 0. The molecule has 1 rings (SSSR count). The fourth-order valence-corrected chi connectivity index (χ4v) is 2.08. The van der Waals surface area contributed by atoms with Gasteiger partial charge in [-0.3, -0.25) is 0 Å². The van der Waals surface area contributed by atoms with E-state index in [9.17, 15) is 4.79 Å². The second-order valence-corrected chi connectivity index (χ2v) is 5.05. The minimum absolute atomic E-state index is 0.315. The van der Waals surface area contributed by atoms with E-state index in [0.29, 0.717) is 22.3 Å². The molecule has 0 atom stereocenters. The van der Waals surface area contributed by atoms with Crippen LogP contribution in [0.25, 0.3) is 0 Å². The van der Waals surface area contributed by atoms with Crippen LogP contribution in [0.5, 0.6) is 0 Å². The van der Waals surface area contributed by atoms with Crippen molar-refractivity contribution in [3.05, 3.63) is 28.2 Å². The number of benzene rings is 1. The van der Waals surface area contributed by atoms with E-state index in [1.807, 2.05) is 0 Å². The molecule has 1 aromatic carbocycles. The Morgan fingerprint density at radius 2 is 2.00 bits per heavy atom. The van der Waals surface area contributed by atoms with E-state index < -0.39 is 0 Å². The molecular formula is C14H20BrNO2. The monoisotopic (exact) mass is 313 g/mol. The predicted octanol–water partition coefficient (Wildman–Crippen LogP) is 4.16. The van der Waals surface area contributed by atoms with E-state index in [0.717, 1.165) is 12.8 Å². The zero-order chi connectivity index (χ0) is 13.4. The Balaban J connectivity index is 2.35. The van der Waals surface area contributed by atoms with Crippen LogP contribution in [0, 0.1) is 0 Å². The van der Waals surface area contributed by atoms with Crippen molar-refractivity contribution < 1.29 is 9.53 Å². The molecule has 0 unspecified atom stereocenters. The molecule has 0 aliphatic carbocycles. The summed E-state index contributed by atoms with van der Waals surface area (Å²) in [5.41, 5.74) is 6.75. The van der Waals surface area contributed by atoms with Crippen LogP contribution in [-0.4, -0.2) is 12.6 Å². The highest BCUT2D eigenvalue weighted by Crippen LogP contribution is 2.24. The van der Waals surface area contributed by atoms with Gasteiger partial charge in [-0.2, -0.15) is 0 Å². The number of nitrogens with two attached hydrogens (primary N) is 1. The second kappa shape index (κ2) is 8.14. The quantitative estimate of drug-likeness (QED) is 0.467. The second-order valence-electron chi connectivity index (χ2n) is 4.26. The molecule has 2 N–H and O–H groups in total. The van der Waals surface area contributed by atoms with Crippen molar-refractivity contribution in [3.63, 3.8) is 0 Å². The number of carbonyl (C=O) groups is 1. The Bertz CT molecular complexity index is 393. The van der Waals surface area contributed by atoms with Gasteiger partial charge in [0, 0.05) is 5.69 Å². The van der Waals surface area contributed by atoms with Crippen LogP contribution in [0.4, 0.5) is 5.69 Å². The molecule has 0 saturated heterocycles. The summed E-state index contributed by atoms with van der Waals surface area (Å²) in [6.45, 7) is 2.65. The summed E-state index contributed by atoms with van der Waals surface area (Å²) in [6.07, 6.45) is 5.70. The minimum Gasteiger partial charge on any atom is -0.462 e. The van der Waals surface area contributed by atoms with Crippen molar-refractivity contribution in [3.8, 4) is 0 Å². The Hall–Kier alpha value is -1.03. The Morgan fingerprint density at radius 3 is 2.72 bits per heavy atom. The van der Waals surface area contributed by atoms with Crippen LogP contribution in [0.2, 0.25) is 0 Å². The number of rotatable bonds is 7. The maximum atomic E-state index is 11.8. The number of hydrogen-bond acceptors (Lipinski definition) is 3. The average Bonchev–Trinajstić information content (AvgIpc) is 2.36. The van der Waals surface area contributed by atoms with Crippen LogP contribution < -0.4 is 5.73 Å². The third-order valence-electron chi connectivity index (χ3n) is 2.73. The highest BCUT2D eigenvalue weighted by molar-refractivity contribution is 9.10. The van der Waals surface area contributed by atoms with Gasteiger partial charge in [0.05, 0.1) is 16.6 Å². The molecule has 0 bridgehead atoms. The van der Waals surface area contributed by atoms with E-state index in [2.05, 4.69) is 22.9 Å². The van der Waals surface area contributed by atoms with Gasteiger partial charge in [-0.1, -0.05) is 38.7 Å². The van der Waals surface area contributed by atoms with Crippen LogP contribution in [0.3, 0.4) is 0 Å².